The number of hydrogen-bond acceptors (Lipinski definition) is 9. The molecule has 4 rings (SSSR count). The van der Waals surface area contributed by atoms with Crippen LogP contribution < -0.4 is 32.3 Å². The van der Waals surface area contributed by atoms with Crippen molar-refractivity contribution in [3.05, 3.63) is 0 Å². The Bertz CT molecular complexity index is 822. The van der Waals surface area contributed by atoms with E-state index in [1.54, 1.807) is 4.90 Å². The first kappa shape index (κ1) is 29.0. The third-order valence-corrected chi connectivity index (χ3v) is 7.87. The maximum absolute atomic E-state index is 12.7. The van der Waals surface area contributed by atoms with Gasteiger partial charge in [0, 0.05) is 31.3 Å². The molecule has 0 aromatic carbocycles. The van der Waals surface area contributed by atoms with E-state index in [1.165, 1.54) is 6.42 Å². The van der Waals surface area contributed by atoms with Crippen LogP contribution >= 0.6 is 0 Å². The number of nitrogens with one attached hydrogen (secondary N) is 6. The highest BCUT2D eigenvalue weighted by atomic mass is 16.7. The Labute approximate surface area is 226 Å². The molecule has 3 saturated heterocycles. The second-order valence-electron chi connectivity index (χ2n) is 12.0. The van der Waals surface area contributed by atoms with E-state index in [4.69, 9.17) is 9.57 Å². The molecule has 6 unspecified atom stereocenters. The number of carbonyl (C=O) groups is 3. The van der Waals surface area contributed by atoms with Gasteiger partial charge in [0.15, 0.2) is 0 Å². The van der Waals surface area contributed by atoms with Crippen molar-refractivity contribution in [1.82, 2.24) is 37.2 Å². The highest BCUT2D eigenvalue weighted by molar-refractivity contribution is 5.79. The summed E-state index contributed by atoms with van der Waals surface area (Å²) in [6.45, 7) is 7.62. The van der Waals surface area contributed by atoms with Crippen LogP contribution in [0.2, 0.25) is 0 Å². The van der Waals surface area contributed by atoms with Crippen LogP contribution in [-0.2, 0) is 19.2 Å². The molecule has 4 fully saturated rings. The molecule has 216 valence electrons. The molecule has 38 heavy (non-hydrogen) atoms. The summed E-state index contributed by atoms with van der Waals surface area (Å²) in [4.78, 5) is 44.7. The van der Waals surface area contributed by atoms with Crippen LogP contribution in [0.1, 0.15) is 85.0 Å². The van der Waals surface area contributed by atoms with Crippen LogP contribution in [0.25, 0.3) is 0 Å². The number of fused-ring (bicyclic) bond motifs is 1. The first-order valence-electron chi connectivity index (χ1n) is 14.4. The first-order valence-corrected chi connectivity index (χ1v) is 14.4. The van der Waals surface area contributed by atoms with Gasteiger partial charge in [-0.2, -0.15) is 5.48 Å². The van der Waals surface area contributed by atoms with Crippen LogP contribution in [0.5, 0.6) is 0 Å². The average molecular weight is 538 g/mol. The fourth-order valence-electron chi connectivity index (χ4n) is 5.97. The Morgan fingerprint density at radius 2 is 1.89 bits per heavy atom. The van der Waals surface area contributed by atoms with Crippen molar-refractivity contribution in [2.75, 3.05) is 19.6 Å². The van der Waals surface area contributed by atoms with Crippen molar-refractivity contribution in [3.8, 4) is 0 Å². The van der Waals surface area contributed by atoms with E-state index in [0.717, 1.165) is 51.5 Å². The lowest BCUT2D eigenvalue weighted by Crippen LogP contribution is -2.64. The summed E-state index contributed by atoms with van der Waals surface area (Å²) in [7, 11) is 0. The van der Waals surface area contributed by atoms with Crippen LogP contribution in [0.15, 0.2) is 0 Å². The number of hydroxylamine groups is 1. The molecular formula is C26H47N7O5. The minimum atomic E-state index is -0.541. The number of amides is 3. The second kappa shape index (κ2) is 13.4. The average Bonchev–Trinajstić information content (AvgIpc) is 3.37. The van der Waals surface area contributed by atoms with Gasteiger partial charge < -0.3 is 20.3 Å². The van der Waals surface area contributed by atoms with E-state index in [9.17, 15) is 14.4 Å². The summed E-state index contributed by atoms with van der Waals surface area (Å²) in [6, 6.07) is -0.0687. The van der Waals surface area contributed by atoms with Crippen molar-refractivity contribution in [2.45, 2.75) is 115 Å². The molecule has 6 atom stereocenters. The molecule has 3 heterocycles. The Morgan fingerprint density at radius 3 is 2.71 bits per heavy atom. The second-order valence-corrected chi connectivity index (χ2v) is 12.0. The lowest BCUT2D eigenvalue weighted by molar-refractivity contribution is -0.134. The topological polar surface area (TPSA) is 145 Å². The molecule has 6 N–H and O–H groups in total. The Kier molecular flexibility index (Phi) is 10.2. The molecule has 1 aliphatic carbocycles. The van der Waals surface area contributed by atoms with Gasteiger partial charge in [0.1, 0.15) is 18.0 Å². The van der Waals surface area contributed by atoms with Gasteiger partial charge in [-0.05, 0) is 72.3 Å². The molecule has 0 aromatic rings. The number of likely N-dealkylation sites (tertiary alicyclic amines) is 1. The standard InChI is InChI=1S/C26H47N7O5/c1-26(2,3)37-25(36)33-16-7-6-11-19(33)23-29-21(38-32-23)13-12-20(34)27-14-8-15-28-22-17-9-4-5-10-18(17)24(35)31-30-22/h17-19,21-23,28-30,32H,4-16H2,1-3H3,(H,27,34)(H,31,35). The Balaban J connectivity index is 1.10. The largest absolute Gasteiger partial charge is 0.444 e. The zero-order valence-corrected chi connectivity index (χ0v) is 23.1. The molecule has 3 aliphatic heterocycles. The number of nitrogens with zero attached hydrogens (tertiary/aromatic N) is 1. The van der Waals surface area contributed by atoms with Crippen LogP contribution in [0.3, 0.4) is 0 Å². The van der Waals surface area contributed by atoms with E-state index < -0.39 is 5.60 Å². The van der Waals surface area contributed by atoms with Gasteiger partial charge in [-0.1, -0.05) is 12.8 Å². The fraction of sp³-hybridized carbons (Fsp3) is 0.885. The van der Waals surface area contributed by atoms with E-state index in [-0.39, 0.29) is 48.4 Å². The van der Waals surface area contributed by atoms with Crippen LogP contribution in [0, 0.1) is 11.8 Å². The smallest absolute Gasteiger partial charge is 0.410 e. The number of rotatable bonds is 9. The monoisotopic (exact) mass is 537 g/mol. The Hall–Kier alpha value is -1.99. The first-order chi connectivity index (χ1) is 18.2. The summed E-state index contributed by atoms with van der Waals surface area (Å²) in [6.07, 6.45) is 8.13. The van der Waals surface area contributed by atoms with Crippen molar-refractivity contribution < 1.29 is 24.0 Å². The van der Waals surface area contributed by atoms with Crippen LogP contribution in [0.4, 0.5) is 4.79 Å². The number of ether oxygens (including phenoxy) is 1. The number of piperidine rings is 1. The maximum Gasteiger partial charge on any atom is 0.410 e. The van der Waals surface area contributed by atoms with Gasteiger partial charge >= 0.3 is 6.09 Å². The molecule has 0 bridgehead atoms. The lowest BCUT2D eigenvalue weighted by atomic mass is 9.76. The third-order valence-electron chi connectivity index (χ3n) is 7.87. The van der Waals surface area contributed by atoms with Crippen molar-refractivity contribution in [1.29, 1.82) is 0 Å². The van der Waals surface area contributed by atoms with E-state index in [2.05, 4.69) is 32.3 Å². The van der Waals surface area contributed by atoms with Gasteiger partial charge in [-0.25, -0.2) is 10.2 Å². The zero-order chi connectivity index (χ0) is 27.1. The number of hydrogen-bond donors (Lipinski definition) is 6. The third kappa shape index (κ3) is 8.01. The molecule has 0 spiro atoms. The van der Waals surface area contributed by atoms with E-state index >= 15 is 0 Å². The summed E-state index contributed by atoms with van der Waals surface area (Å²) in [5.74, 6) is 0.526. The predicted molar refractivity (Wildman–Crippen MR) is 141 cm³/mol. The minimum absolute atomic E-state index is 0.0118. The number of hydrazine groups is 1. The molecule has 0 aromatic heterocycles. The molecule has 12 heteroatoms. The Morgan fingerprint density at radius 1 is 1.11 bits per heavy atom. The zero-order valence-electron chi connectivity index (χ0n) is 23.1. The summed E-state index contributed by atoms with van der Waals surface area (Å²) >= 11 is 0. The molecule has 1 saturated carbocycles. The fourth-order valence-corrected chi connectivity index (χ4v) is 5.97. The highest BCUT2D eigenvalue weighted by Gasteiger charge is 2.40. The van der Waals surface area contributed by atoms with E-state index in [1.807, 2.05) is 20.8 Å². The summed E-state index contributed by atoms with van der Waals surface area (Å²) in [5.41, 5.74) is 8.40. The van der Waals surface area contributed by atoms with Gasteiger partial charge in [-0.15, -0.1) is 0 Å². The molecular weight excluding hydrogens is 490 g/mol. The van der Waals surface area contributed by atoms with Gasteiger partial charge in [0.05, 0.1) is 12.2 Å². The highest BCUT2D eigenvalue weighted by Crippen LogP contribution is 2.33. The van der Waals surface area contributed by atoms with Gasteiger partial charge in [0.2, 0.25) is 11.8 Å². The quantitative estimate of drug-likeness (QED) is 0.239. The van der Waals surface area contributed by atoms with E-state index in [0.29, 0.717) is 31.8 Å². The maximum atomic E-state index is 12.7. The molecule has 4 aliphatic rings. The lowest BCUT2D eigenvalue weighted by Gasteiger charge is -2.41. The molecule has 12 nitrogen and oxygen atoms in total. The van der Waals surface area contributed by atoms with Gasteiger partial charge in [-0.3, -0.25) is 25.2 Å². The predicted octanol–water partition coefficient (Wildman–Crippen LogP) is 1.20. The normalized spacial score (nSPS) is 31.9. The number of carbonyl (C=O) groups excluding carboxylic acids is 3. The van der Waals surface area contributed by atoms with Crippen molar-refractivity contribution >= 4 is 17.9 Å². The van der Waals surface area contributed by atoms with Crippen molar-refractivity contribution in [2.24, 2.45) is 11.8 Å². The van der Waals surface area contributed by atoms with Gasteiger partial charge in [0.25, 0.3) is 0 Å². The van der Waals surface area contributed by atoms with Crippen LogP contribution in [-0.4, -0.2) is 72.6 Å². The minimum Gasteiger partial charge on any atom is -0.444 e. The SMILES string of the molecule is CC(C)(C)OC(=O)N1CCCCC1C1NOC(CCC(=O)NCCCNC2NNC(=O)C3CCCCC23)N1. The molecule has 3 amide bonds. The van der Waals surface area contributed by atoms with Crippen molar-refractivity contribution in [3.63, 3.8) is 0 Å². The summed E-state index contributed by atoms with van der Waals surface area (Å²) in [5, 5.41) is 9.88. The summed E-state index contributed by atoms with van der Waals surface area (Å²) < 4.78 is 5.60. The molecule has 0 radical (unpaired) electrons.